The smallest absolute Gasteiger partial charge is 0.254 e. The number of amides is 1. The van der Waals surface area contributed by atoms with Crippen LogP contribution < -0.4 is 4.74 Å². The number of carbonyl (C=O) groups excluding carboxylic acids is 1. The molecule has 0 N–H and O–H groups in total. The summed E-state index contributed by atoms with van der Waals surface area (Å²) in [6, 6.07) is 5.87. The third kappa shape index (κ3) is 3.36. The number of fused-ring (bicyclic) bond motifs is 1. The van der Waals surface area contributed by atoms with Crippen molar-refractivity contribution in [2.75, 3.05) is 53.0 Å². The number of nitrogens with zero attached hydrogens (tertiary/aromatic N) is 2. The minimum atomic E-state index is 0.0925. The Labute approximate surface area is 125 Å². The molecule has 5 heteroatoms. The van der Waals surface area contributed by atoms with Gasteiger partial charge in [-0.05, 0) is 24.1 Å². The zero-order valence-corrected chi connectivity index (χ0v) is 12.5. The van der Waals surface area contributed by atoms with Crippen molar-refractivity contribution < 1.29 is 14.3 Å². The molecule has 0 atom stereocenters. The monoisotopic (exact) mass is 290 g/mol. The molecule has 1 aromatic carbocycles. The lowest BCUT2D eigenvalue weighted by Gasteiger charge is -2.27. The molecule has 1 amide bonds. The molecule has 0 aliphatic carbocycles. The topological polar surface area (TPSA) is 42.0 Å². The number of morpholine rings is 1. The van der Waals surface area contributed by atoms with Crippen LogP contribution in [0.2, 0.25) is 0 Å². The molecule has 1 saturated heterocycles. The van der Waals surface area contributed by atoms with E-state index in [0.29, 0.717) is 6.61 Å². The van der Waals surface area contributed by atoms with E-state index in [4.69, 9.17) is 9.47 Å². The molecule has 0 bridgehead atoms. The summed E-state index contributed by atoms with van der Waals surface area (Å²) in [5.41, 5.74) is 1.91. The summed E-state index contributed by atoms with van der Waals surface area (Å²) < 4.78 is 11.1. The molecule has 0 spiro atoms. The predicted molar refractivity (Wildman–Crippen MR) is 79.9 cm³/mol. The van der Waals surface area contributed by atoms with E-state index in [9.17, 15) is 4.79 Å². The van der Waals surface area contributed by atoms with Crippen molar-refractivity contribution in [2.45, 2.75) is 6.42 Å². The fourth-order valence-corrected chi connectivity index (χ4v) is 2.78. The Morgan fingerprint density at radius 1 is 1.24 bits per heavy atom. The van der Waals surface area contributed by atoms with Crippen molar-refractivity contribution in [3.63, 3.8) is 0 Å². The quantitative estimate of drug-likeness (QED) is 0.830. The zero-order valence-electron chi connectivity index (χ0n) is 12.5. The van der Waals surface area contributed by atoms with Crippen LogP contribution >= 0.6 is 0 Å². The lowest BCUT2D eigenvalue weighted by Crippen LogP contribution is -2.38. The summed E-state index contributed by atoms with van der Waals surface area (Å²) in [6.45, 7) is 5.88. The fourth-order valence-electron chi connectivity index (χ4n) is 2.78. The molecule has 3 rings (SSSR count). The van der Waals surface area contributed by atoms with Crippen LogP contribution in [0.25, 0.3) is 0 Å². The highest BCUT2D eigenvalue weighted by atomic mass is 16.5. The first-order valence-corrected chi connectivity index (χ1v) is 7.55. The molecule has 2 aliphatic rings. The Kier molecular flexibility index (Phi) is 4.41. The molecular formula is C16H22N2O3. The second kappa shape index (κ2) is 6.45. The van der Waals surface area contributed by atoms with Crippen LogP contribution in [-0.4, -0.2) is 68.8 Å². The molecule has 1 aromatic rings. The van der Waals surface area contributed by atoms with Gasteiger partial charge in [0.15, 0.2) is 0 Å². The van der Waals surface area contributed by atoms with Crippen molar-refractivity contribution in [1.82, 2.24) is 9.80 Å². The Bertz CT molecular complexity index is 512. The maximum atomic E-state index is 12.1. The van der Waals surface area contributed by atoms with Crippen molar-refractivity contribution in [2.24, 2.45) is 0 Å². The average molecular weight is 290 g/mol. The van der Waals surface area contributed by atoms with Crippen molar-refractivity contribution in [3.05, 3.63) is 29.3 Å². The molecule has 21 heavy (non-hydrogen) atoms. The predicted octanol–water partition coefficient (Wildman–Crippen LogP) is 1.03. The lowest BCUT2D eigenvalue weighted by atomic mass is 9.99. The highest BCUT2D eigenvalue weighted by Crippen LogP contribution is 2.23. The van der Waals surface area contributed by atoms with Crippen LogP contribution in [0.4, 0.5) is 0 Å². The molecule has 5 nitrogen and oxygen atoms in total. The summed E-state index contributed by atoms with van der Waals surface area (Å²) in [6.07, 6.45) is 0.922. The van der Waals surface area contributed by atoms with Crippen LogP contribution in [0.1, 0.15) is 15.9 Å². The number of likely N-dealkylation sites (N-methyl/N-ethyl adjacent to an activating group) is 1. The Hall–Kier alpha value is -1.59. The van der Waals surface area contributed by atoms with Gasteiger partial charge >= 0.3 is 0 Å². The Morgan fingerprint density at radius 2 is 2.05 bits per heavy atom. The van der Waals surface area contributed by atoms with Gasteiger partial charge in [0, 0.05) is 38.8 Å². The number of hydrogen-bond acceptors (Lipinski definition) is 4. The Morgan fingerprint density at radius 3 is 2.86 bits per heavy atom. The number of rotatable bonds is 4. The number of hydrogen-bond donors (Lipinski definition) is 0. The summed E-state index contributed by atoms with van der Waals surface area (Å²) in [4.78, 5) is 16.2. The third-order valence-electron chi connectivity index (χ3n) is 4.15. The summed E-state index contributed by atoms with van der Waals surface area (Å²) in [5, 5.41) is 0. The van der Waals surface area contributed by atoms with Crippen LogP contribution in [0, 0.1) is 0 Å². The van der Waals surface area contributed by atoms with Gasteiger partial charge in [0.25, 0.3) is 5.91 Å². The third-order valence-corrected chi connectivity index (χ3v) is 4.15. The normalized spacial score (nSPS) is 19.5. The zero-order chi connectivity index (χ0) is 14.7. The maximum absolute atomic E-state index is 12.1. The maximum Gasteiger partial charge on any atom is 0.254 e. The van der Waals surface area contributed by atoms with Gasteiger partial charge in [-0.15, -0.1) is 0 Å². The first-order valence-electron chi connectivity index (χ1n) is 7.55. The van der Waals surface area contributed by atoms with E-state index < -0.39 is 0 Å². The van der Waals surface area contributed by atoms with E-state index in [1.54, 1.807) is 4.90 Å². The standard InChI is InChI=1S/C16H22N2O3/c1-17-5-4-13-2-3-14(12-15(13)16(17)19)21-11-8-18-6-9-20-10-7-18/h2-3,12H,4-11H2,1H3. The highest BCUT2D eigenvalue weighted by Gasteiger charge is 2.21. The van der Waals surface area contributed by atoms with Crippen LogP contribution in [-0.2, 0) is 11.2 Å². The number of benzene rings is 1. The minimum Gasteiger partial charge on any atom is -0.492 e. The van der Waals surface area contributed by atoms with E-state index in [1.807, 2.05) is 25.2 Å². The highest BCUT2D eigenvalue weighted by molar-refractivity contribution is 5.97. The molecule has 0 aromatic heterocycles. The van der Waals surface area contributed by atoms with Crippen LogP contribution in [0.3, 0.4) is 0 Å². The molecule has 2 heterocycles. The summed E-state index contributed by atoms with van der Waals surface area (Å²) >= 11 is 0. The molecule has 0 saturated carbocycles. The van der Waals surface area contributed by atoms with E-state index in [0.717, 1.165) is 62.7 Å². The van der Waals surface area contributed by atoms with E-state index >= 15 is 0 Å². The number of ether oxygens (including phenoxy) is 2. The molecule has 0 radical (unpaired) electrons. The largest absolute Gasteiger partial charge is 0.492 e. The van der Waals surface area contributed by atoms with E-state index in [-0.39, 0.29) is 5.91 Å². The summed E-state index contributed by atoms with van der Waals surface area (Å²) in [7, 11) is 1.84. The lowest BCUT2D eigenvalue weighted by molar-refractivity contribution is 0.0322. The number of carbonyl (C=O) groups is 1. The van der Waals surface area contributed by atoms with Gasteiger partial charge in [0.05, 0.1) is 13.2 Å². The van der Waals surface area contributed by atoms with E-state index in [2.05, 4.69) is 4.90 Å². The average Bonchev–Trinajstić information content (AvgIpc) is 2.52. The first-order chi connectivity index (χ1) is 10.2. The van der Waals surface area contributed by atoms with Gasteiger partial charge in [-0.2, -0.15) is 0 Å². The second-order valence-electron chi connectivity index (χ2n) is 5.60. The van der Waals surface area contributed by atoms with Crippen LogP contribution in [0.15, 0.2) is 18.2 Å². The van der Waals surface area contributed by atoms with Gasteiger partial charge in [-0.3, -0.25) is 9.69 Å². The van der Waals surface area contributed by atoms with Gasteiger partial charge in [-0.1, -0.05) is 6.07 Å². The molecule has 114 valence electrons. The molecule has 0 unspecified atom stereocenters. The Balaban J connectivity index is 1.57. The second-order valence-corrected chi connectivity index (χ2v) is 5.60. The van der Waals surface area contributed by atoms with Gasteiger partial charge in [-0.25, -0.2) is 0 Å². The van der Waals surface area contributed by atoms with Crippen LogP contribution in [0.5, 0.6) is 5.75 Å². The molecule has 2 aliphatic heterocycles. The molecular weight excluding hydrogens is 268 g/mol. The van der Waals surface area contributed by atoms with Gasteiger partial charge in [0.2, 0.25) is 0 Å². The molecule has 1 fully saturated rings. The van der Waals surface area contributed by atoms with Crippen molar-refractivity contribution in [3.8, 4) is 5.75 Å². The fraction of sp³-hybridized carbons (Fsp3) is 0.562. The minimum absolute atomic E-state index is 0.0925. The van der Waals surface area contributed by atoms with Gasteiger partial charge < -0.3 is 14.4 Å². The van der Waals surface area contributed by atoms with Crippen molar-refractivity contribution >= 4 is 5.91 Å². The first kappa shape index (κ1) is 14.4. The summed E-state index contributed by atoms with van der Waals surface area (Å²) in [5.74, 6) is 0.875. The van der Waals surface area contributed by atoms with E-state index in [1.165, 1.54) is 0 Å². The van der Waals surface area contributed by atoms with Gasteiger partial charge in [0.1, 0.15) is 12.4 Å². The SMILES string of the molecule is CN1CCc2ccc(OCCN3CCOCC3)cc2C1=O. The van der Waals surface area contributed by atoms with Crippen molar-refractivity contribution in [1.29, 1.82) is 0 Å².